The average Bonchev–Trinajstić information content (AvgIpc) is 3.52. The van der Waals surface area contributed by atoms with E-state index in [-0.39, 0.29) is 42.1 Å². The first kappa shape index (κ1) is 33.0. The molecule has 8 rings (SSSR count). The standard InChI is InChI=1S/C40H40N6O5/c47-25-27-11-13-28(14-12-27)37-21-31(24-45-19-17-30(18-20-45)46-36-8-4-3-7-34(36)44-40(46)49)50-39(51-37)29-15-9-26(10-16-29)22-42-38(48)35-23-41-32-5-1-2-6-33(32)43-35/h1-16,23,30-31,37,39,47H,17-22,24-25H2,(H,42,48)(H,44,49). The van der Waals surface area contributed by atoms with E-state index >= 15 is 0 Å². The van der Waals surface area contributed by atoms with Crippen LogP contribution >= 0.6 is 0 Å². The van der Waals surface area contributed by atoms with Crippen LogP contribution in [0.15, 0.2) is 108 Å². The summed E-state index contributed by atoms with van der Waals surface area (Å²) in [6, 6.07) is 31.3. The molecule has 2 fully saturated rings. The van der Waals surface area contributed by atoms with Crippen molar-refractivity contribution in [3.8, 4) is 0 Å². The van der Waals surface area contributed by atoms with Crippen LogP contribution in [0.25, 0.3) is 22.1 Å². The first-order valence-electron chi connectivity index (χ1n) is 17.5. The Kier molecular flexibility index (Phi) is 9.42. The molecule has 260 valence electrons. The number of benzene rings is 4. The van der Waals surface area contributed by atoms with Crippen molar-refractivity contribution in [1.29, 1.82) is 0 Å². The third-order valence-electron chi connectivity index (χ3n) is 10.0. The molecule has 0 saturated carbocycles. The second-order valence-electron chi connectivity index (χ2n) is 13.4. The maximum absolute atomic E-state index is 12.8. The Hall–Kier alpha value is -5.20. The molecule has 4 aromatic carbocycles. The summed E-state index contributed by atoms with van der Waals surface area (Å²) in [5.41, 5.74) is 7.19. The lowest BCUT2D eigenvalue weighted by Gasteiger charge is -2.40. The van der Waals surface area contributed by atoms with E-state index in [1.165, 1.54) is 6.20 Å². The number of hydrogen-bond acceptors (Lipinski definition) is 8. The minimum atomic E-state index is -0.579. The molecule has 6 aromatic rings. The number of aromatic nitrogens is 4. The number of H-pyrrole nitrogens is 1. The number of aromatic amines is 1. The first-order valence-corrected chi connectivity index (χ1v) is 17.5. The molecule has 2 saturated heterocycles. The zero-order chi connectivity index (χ0) is 34.7. The average molecular weight is 685 g/mol. The topological polar surface area (TPSA) is 135 Å². The smallest absolute Gasteiger partial charge is 0.326 e. The van der Waals surface area contributed by atoms with E-state index in [1.807, 2.05) is 102 Å². The van der Waals surface area contributed by atoms with Crippen molar-refractivity contribution in [1.82, 2.24) is 29.7 Å². The molecule has 0 spiro atoms. The largest absolute Gasteiger partial charge is 0.392 e. The predicted octanol–water partition coefficient (Wildman–Crippen LogP) is 5.58. The van der Waals surface area contributed by atoms with Crippen LogP contribution in [-0.2, 0) is 22.6 Å². The monoisotopic (exact) mass is 684 g/mol. The maximum Gasteiger partial charge on any atom is 0.326 e. The number of aliphatic hydroxyl groups is 1. The highest BCUT2D eigenvalue weighted by molar-refractivity contribution is 5.93. The van der Waals surface area contributed by atoms with Gasteiger partial charge in [-0.2, -0.15) is 0 Å². The minimum Gasteiger partial charge on any atom is -0.392 e. The number of imidazole rings is 1. The van der Waals surface area contributed by atoms with Gasteiger partial charge in [0, 0.05) is 44.2 Å². The Bertz CT molecular complexity index is 2190. The van der Waals surface area contributed by atoms with Crippen LogP contribution in [0.3, 0.4) is 0 Å². The Balaban J connectivity index is 0.932. The molecule has 51 heavy (non-hydrogen) atoms. The van der Waals surface area contributed by atoms with E-state index in [0.717, 1.165) is 71.3 Å². The van der Waals surface area contributed by atoms with E-state index in [0.29, 0.717) is 18.5 Å². The lowest BCUT2D eigenvalue weighted by molar-refractivity contribution is -0.253. The van der Waals surface area contributed by atoms with Gasteiger partial charge in [0.25, 0.3) is 5.91 Å². The molecule has 2 aromatic heterocycles. The number of aliphatic hydroxyl groups excluding tert-OH is 1. The number of amides is 1. The van der Waals surface area contributed by atoms with Crippen LogP contribution in [0, 0.1) is 0 Å². The lowest BCUT2D eigenvalue weighted by Crippen LogP contribution is -2.43. The molecule has 3 atom stereocenters. The number of carbonyl (C=O) groups is 1. The van der Waals surface area contributed by atoms with E-state index < -0.39 is 6.29 Å². The van der Waals surface area contributed by atoms with Gasteiger partial charge >= 0.3 is 5.69 Å². The number of para-hydroxylation sites is 4. The van der Waals surface area contributed by atoms with Gasteiger partial charge in [0.15, 0.2) is 6.29 Å². The van der Waals surface area contributed by atoms with E-state index in [2.05, 4.69) is 25.2 Å². The minimum absolute atomic E-state index is 0.0107. The van der Waals surface area contributed by atoms with Gasteiger partial charge in [-0.25, -0.2) is 9.78 Å². The summed E-state index contributed by atoms with van der Waals surface area (Å²) in [6.45, 7) is 2.81. The van der Waals surface area contributed by atoms with Crippen LogP contribution in [0.2, 0.25) is 0 Å². The van der Waals surface area contributed by atoms with Gasteiger partial charge in [-0.3, -0.25) is 14.3 Å². The fourth-order valence-corrected chi connectivity index (χ4v) is 7.25. The summed E-state index contributed by atoms with van der Waals surface area (Å²) in [6.07, 6.45) is 3.10. The summed E-state index contributed by atoms with van der Waals surface area (Å²) in [5, 5.41) is 12.5. The molecule has 2 aliphatic heterocycles. The summed E-state index contributed by atoms with van der Waals surface area (Å²) in [4.78, 5) is 39.9. The Morgan fingerprint density at radius 1 is 0.863 bits per heavy atom. The van der Waals surface area contributed by atoms with Crippen LogP contribution in [-0.4, -0.2) is 61.2 Å². The molecule has 3 unspecified atom stereocenters. The van der Waals surface area contributed by atoms with E-state index in [4.69, 9.17) is 9.47 Å². The number of hydrogen-bond donors (Lipinski definition) is 3. The number of carbonyl (C=O) groups excluding carboxylic acids is 1. The van der Waals surface area contributed by atoms with Gasteiger partial charge in [0.05, 0.1) is 47.1 Å². The fraction of sp³-hybridized carbons (Fsp3) is 0.300. The second kappa shape index (κ2) is 14.6. The fourth-order valence-electron chi connectivity index (χ4n) is 7.25. The molecule has 3 N–H and O–H groups in total. The molecule has 0 radical (unpaired) electrons. The van der Waals surface area contributed by atoms with Gasteiger partial charge in [-0.05, 0) is 53.8 Å². The molecule has 2 aliphatic rings. The SMILES string of the molecule is O=C(NCc1ccc(C2OC(CN3CCC(n4c(=O)[nH]c5ccccc54)CC3)CC(c3ccc(CO)cc3)O2)cc1)c1cnc2ccccc2n1. The quantitative estimate of drug-likeness (QED) is 0.180. The van der Waals surface area contributed by atoms with Gasteiger partial charge in [-0.1, -0.05) is 72.8 Å². The van der Waals surface area contributed by atoms with Crippen molar-refractivity contribution in [3.63, 3.8) is 0 Å². The number of piperidine rings is 1. The van der Waals surface area contributed by atoms with Crippen molar-refractivity contribution < 1.29 is 19.4 Å². The van der Waals surface area contributed by atoms with Gasteiger partial charge in [0.2, 0.25) is 0 Å². The van der Waals surface area contributed by atoms with Crippen LogP contribution < -0.4 is 11.0 Å². The summed E-state index contributed by atoms with van der Waals surface area (Å²) < 4.78 is 15.1. The Morgan fingerprint density at radius 2 is 1.57 bits per heavy atom. The highest BCUT2D eigenvalue weighted by atomic mass is 16.7. The zero-order valence-electron chi connectivity index (χ0n) is 28.2. The van der Waals surface area contributed by atoms with E-state index in [1.54, 1.807) is 0 Å². The molecule has 11 nitrogen and oxygen atoms in total. The van der Waals surface area contributed by atoms with Gasteiger partial charge < -0.3 is 29.8 Å². The third-order valence-corrected chi connectivity index (χ3v) is 10.0. The van der Waals surface area contributed by atoms with Gasteiger partial charge in [0.1, 0.15) is 5.69 Å². The molecule has 1 amide bonds. The summed E-state index contributed by atoms with van der Waals surface area (Å²) in [7, 11) is 0. The first-order chi connectivity index (χ1) is 25.0. The zero-order valence-corrected chi connectivity index (χ0v) is 28.2. The molecule has 4 heterocycles. The van der Waals surface area contributed by atoms with Crippen LogP contribution in [0.5, 0.6) is 0 Å². The maximum atomic E-state index is 12.8. The van der Waals surface area contributed by atoms with Crippen molar-refractivity contribution >= 4 is 28.0 Å². The van der Waals surface area contributed by atoms with Crippen molar-refractivity contribution in [2.75, 3.05) is 19.6 Å². The molecule has 0 bridgehead atoms. The second-order valence-corrected chi connectivity index (χ2v) is 13.4. The number of nitrogens with one attached hydrogen (secondary N) is 2. The number of nitrogens with zero attached hydrogens (tertiary/aromatic N) is 4. The molecular weight excluding hydrogens is 644 g/mol. The molecule has 11 heteroatoms. The Labute approximate surface area is 294 Å². The summed E-state index contributed by atoms with van der Waals surface area (Å²) in [5.74, 6) is -0.285. The van der Waals surface area contributed by atoms with Crippen molar-refractivity contribution in [2.24, 2.45) is 0 Å². The third kappa shape index (κ3) is 7.19. The highest BCUT2D eigenvalue weighted by Gasteiger charge is 2.34. The summed E-state index contributed by atoms with van der Waals surface area (Å²) >= 11 is 0. The van der Waals surface area contributed by atoms with E-state index in [9.17, 15) is 14.7 Å². The number of rotatable bonds is 9. The van der Waals surface area contributed by atoms with Crippen LogP contribution in [0.4, 0.5) is 0 Å². The molecular formula is C40H40N6O5. The van der Waals surface area contributed by atoms with Crippen molar-refractivity contribution in [3.05, 3.63) is 142 Å². The van der Waals surface area contributed by atoms with Crippen molar-refractivity contribution in [2.45, 2.75) is 57.0 Å². The normalized spacial score (nSPS) is 20.1. The predicted molar refractivity (Wildman–Crippen MR) is 193 cm³/mol. The van der Waals surface area contributed by atoms with Gasteiger partial charge in [-0.15, -0.1) is 0 Å². The Morgan fingerprint density at radius 3 is 2.35 bits per heavy atom. The highest BCUT2D eigenvalue weighted by Crippen LogP contribution is 2.38. The lowest BCUT2D eigenvalue weighted by atomic mass is 9.98. The van der Waals surface area contributed by atoms with Crippen LogP contribution in [0.1, 0.15) is 70.4 Å². The number of fused-ring (bicyclic) bond motifs is 2. The number of likely N-dealkylation sites (tertiary alicyclic amines) is 1. The molecule has 0 aliphatic carbocycles. The number of ether oxygens (including phenoxy) is 2.